The monoisotopic (exact) mass is 275 g/mol. The van der Waals surface area contributed by atoms with Crippen LogP contribution in [0.4, 0.5) is 0 Å². The summed E-state index contributed by atoms with van der Waals surface area (Å²) in [5, 5.41) is 2.47. The molecule has 0 aromatic heterocycles. The summed E-state index contributed by atoms with van der Waals surface area (Å²) in [6.07, 6.45) is 0.108. The van der Waals surface area contributed by atoms with Crippen molar-refractivity contribution in [3.8, 4) is 0 Å². The number of amides is 1. The van der Waals surface area contributed by atoms with Crippen molar-refractivity contribution in [3.05, 3.63) is 0 Å². The molecule has 0 fully saturated rings. The van der Waals surface area contributed by atoms with Crippen LogP contribution in [-0.2, 0) is 28.6 Å². The molecule has 19 heavy (non-hydrogen) atoms. The summed E-state index contributed by atoms with van der Waals surface area (Å²) in [7, 11) is 2.48. The third-order valence-corrected chi connectivity index (χ3v) is 2.45. The van der Waals surface area contributed by atoms with Crippen LogP contribution in [0.5, 0.6) is 0 Å². The summed E-state index contributed by atoms with van der Waals surface area (Å²) < 4.78 is 14.1. The zero-order valence-corrected chi connectivity index (χ0v) is 11.7. The lowest BCUT2D eigenvalue weighted by atomic mass is 10.0. The van der Waals surface area contributed by atoms with Crippen LogP contribution in [0.25, 0.3) is 0 Å². The van der Waals surface area contributed by atoms with Gasteiger partial charge >= 0.3 is 11.9 Å². The highest BCUT2D eigenvalue weighted by Gasteiger charge is 2.27. The third-order valence-electron chi connectivity index (χ3n) is 2.45. The number of esters is 2. The minimum Gasteiger partial charge on any atom is -0.469 e. The maximum atomic E-state index is 11.5. The van der Waals surface area contributed by atoms with Gasteiger partial charge in [0.1, 0.15) is 12.6 Å². The highest BCUT2D eigenvalue weighted by molar-refractivity contribution is 5.85. The molecule has 0 aromatic rings. The van der Waals surface area contributed by atoms with Gasteiger partial charge in [-0.25, -0.2) is 4.79 Å². The Morgan fingerprint density at radius 1 is 1.11 bits per heavy atom. The van der Waals surface area contributed by atoms with E-state index in [4.69, 9.17) is 4.74 Å². The number of hydrogen-bond acceptors (Lipinski definition) is 6. The number of ether oxygens (including phenoxy) is 3. The van der Waals surface area contributed by atoms with Crippen molar-refractivity contribution in [2.24, 2.45) is 5.92 Å². The molecular weight excluding hydrogens is 254 g/mol. The quantitative estimate of drug-likeness (QED) is 0.621. The Morgan fingerprint density at radius 2 is 1.68 bits per heavy atom. The molecule has 0 rings (SSSR count). The van der Waals surface area contributed by atoms with Gasteiger partial charge < -0.3 is 19.5 Å². The molecular formula is C12H21NO6. The van der Waals surface area contributed by atoms with E-state index < -0.39 is 29.8 Å². The fourth-order valence-corrected chi connectivity index (χ4v) is 1.44. The van der Waals surface area contributed by atoms with Crippen molar-refractivity contribution in [1.82, 2.24) is 5.32 Å². The maximum absolute atomic E-state index is 11.5. The minimum absolute atomic E-state index is 0.108. The highest BCUT2D eigenvalue weighted by Crippen LogP contribution is 2.09. The molecule has 0 aliphatic heterocycles. The Hall–Kier alpha value is -1.63. The third kappa shape index (κ3) is 6.76. The Labute approximate surface area is 112 Å². The number of methoxy groups -OCH3 is 2. The summed E-state index contributed by atoms with van der Waals surface area (Å²) in [5.41, 5.74) is 0. The number of carbonyl (C=O) groups excluding carboxylic acids is 3. The van der Waals surface area contributed by atoms with E-state index in [9.17, 15) is 14.4 Å². The molecule has 0 heterocycles. The Kier molecular flexibility index (Phi) is 8.52. The van der Waals surface area contributed by atoms with Crippen molar-refractivity contribution >= 4 is 17.8 Å². The zero-order valence-electron chi connectivity index (χ0n) is 11.7. The van der Waals surface area contributed by atoms with Crippen molar-refractivity contribution in [2.45, 2.75) is 26.3 Å². The SMILES string of the molecule is CCOCC(=O)N[C@@H](C[C@@H](C)C(=O)OC)C(=O)OC. The predicted molar refractivity (Wildman–Crippen MR) is 66.2 cm³/mol. The summed E-state index contributed by atoms with van der Waals surface area (Å²) >= 11 is 0. The Morgan fingerprint density at radius 3 is 2.16 bits per heavy atom. The number of carbonyl (C=O) groups is 3. The number of hydrogen-bond donors (Lipinski definition) is 1. The van der Waals surface area contributed by atoms with E-state index in [1.807, 2.05) is 0 Å². The van der Waals surface area contributed by atoms with E-state index in [0.29, 0.717) is 6.61 Å². The Bertz CT molecular complexity index is 317. The zero-order chi connectivity index (χ0) is 14.8. The molecule has 0 bridgehead atoms. The second kappa shape index (κ2) is 9.32. The van der Waals surface area contributed by atoms with Crippen LogP contribution < -0.4 is 5.32 Å². The van der Waals surface area contributed by atoms with E-state index >= 15 is 0 Å². The molecule has 7 nitrogen and oxygen atoms in total. The molecule has 0 unspecified atom stereocenters. The number of nitrogens with one attached hydrogen (secondary N) is 1. The summed E-state index contributed by atoms with van der Waals surface area (Å²) in [6.45, 7) is 3.62. The molecule has 2 atom stereocenters. The largest absolute Gasteiger partial charge is 0.469 e. The second-order valence-electron chi connectivity index (χ2n) is 3.94. The van der Waals surface area contributed by atoms with Crippen molar-refractivity contribution in [2.75, 3.05) is 27.4 Å². The van der Waals surface area contributed by atoms with Gasteiger partial charge in [-0.05, 0) is 13.3 Å². The first kappa shape index (κ1) is 17.4. The Balaban J connectivity index is 4.51. The average molecular weight is 275 g/mol. The fourth-order valence-electron chi connectivity index (χ4n) is 1.44. The first-order valence-corrected chi connectivity index (χ1v) is 5.99. The van der Waals surface area contributed by atoms with Crippen LogP contribution in [0.3, 0.4) is 0 Å². The molecule has 1 N–H and O–H groups in total. The molecule has 0 spiro atoms. The van der Waals surface area contributed by atoms with E-state index in [2.05, 4.69) is 14.8 Å². The van der Waals surface area contributed by atoms with E-state index in [1.165, 1.54) is 14.2 Å². The summed E-state index contributed by atoms with van der Waals surface area (Å²) in [4.78, 5) is 34.3. The van der Waals surface area contributed by atoms with Gasteiger partial charge in [-0.1, -0.05) is 6.92 Å². The lowest BCUT2D eigenvalue weighted by Gasteiger charge is -2.19. The van der Waals surface area contributed by atoms with Crippen LogP contribution in [0.2, 0.25) is 0 Å². The lowest BCUT2D eigenvalue weighted by Crippen LogP contribution is -2.44. The summed E-state index contributed by atoms with van der Waals surface area (Å²) in [6, 6.07) is -0.896. The van der Waals surface area contributed by atoms with Gasteiger partial charge in [0.25, 0.3) is 0 Å². The normalized spacial score (nSPS) is 13.3. The molecule has 0 aromatic carbocycles. The van der Waals surface area contributed by atoms with Gasteiger partial charge in [-0.15, -0.1) is 0 Å². The van der Waals surface area contributed by atoms with Gasteiger partial charge in [0, 0.05) is 6.61 Å². The van der Waals surface area contributed by atoms with Crippen LogP contribution in [-0.4, -0.2) is 51.3 Å². The van der Waals surface area contributed by atoms with E-state index in [1.54, 1.807) is 13.8 Å². The first-order chi connectivity index (χ1) is 8.96. The average Bonchev–Trinajstić information content (AvgIpc) is 2.42. The van der Waals surface area contributed by atoms with Gasteiger partial charge in [0.15, 0.2) is 0 Å². The van der Waals surface area contributed by atoms with Crippen LogP contribution in [0.1, 0.15) is 20.3 Å². The minimum atomic E-state index is -0.896. The molecule has 0 saturated heterocycles. The van der Waals surface area contributed by atoms with Gasteiger partial charge in [-0.2, -0.15) is 0 Å². The maximum Gasteiger partial charge on any atom is 0.328 e. The van der Waals surface area contributed by atoms with Gasteiger partial charge in [0.05, 0.1) is 20.1 Å². The van der Waals surface area contributed by atoms with Crippen LogP contribution in [0.15, 0.2) is 0 Å². The highest BCUT2D eigenvalue weighted by atomic mass is 16.5. The van der Waals surface area contributed by atoms with Crippen LogP contribution >= 0.6 is 0 Å². The molecule has 0 saturated carbocycles. The molecule has 110 valence electrons. The molecule has 0 radical (unpaired) electrons. The van der Waals surface area contributed by atoms with Gasteiger partial charge in [-0.3, -0.25) is 9.59 Å². The van der Waals surface area contributed by atoms with Gasteiger partial charge in [0.2, 0.25) is 5.91 Å². The first-order valence-electron chi connectivity index (χ1n) is 5.99. The predicted octanol–water partition coefficient (Wildman–Crippen LogP) is -0.120. The molecule has 0 aliphatic rings. The van der Waals surface area contributed by atoms with Crippen LogP contribution in [0, 0.1) is 5.92 Å². The van der Waals surface area contributed by atoms with E-state index in [-0.39, 0.29) is 13.0 Å². The molecule has 7 heteroatoms. The topological polar surface area (TPSA) is 90.9 Å². The van der Waals surface area contributed by atoms with Crippen molar-refractivity contribution in [3.63, 3.8) is 0 Å². The molecule has 0 aliphatic carbocycles. The summed E-state index contributed by atoms with van der Waals surface area (Å²) in [5.74, 6) is -2.02. The van der Waals surface area contributed by atoms with E-state index in [0.717, 1.165) is 0 Å². The second-order valence-corrected chi connectivity index (χ2v) is 3.94. The molecule has 1 amide bonds. The smallest absolute Gasteiger partial charge is 0.328 e. The lowest BCUT2D eigenvalue weighted by molar-refractivity contribution is -0.149. The number of rotatable bonds is 8. The fraction of sp³-hybridized carbons (Fsp3) is 0.750. The van der Waals surface area contributed by atoms with Crippen molar-refractivity contribution < 1.29 is 28.6 Å². The standard InChI is InChI=1S/C12H21NO6/c1-5-19-7-10(14)13-9(12(16)18-4)6-8(2)11(15)17-3/h8-9H,5-7H2,1-4H3,(H,13,14)/t8-,9+/m1/s1. The van der Waals surface area contributed by atoms with Crippen molar-refractivity contribution in [1.29, 1.82) is 0 Å².